The average molecular weight is 371 g/mol. The first kappa shape index (κ1) is 17.9. The molecular weight excluding hydrogens is 355 g/mol. The van der Waals surface area contributed by atoms with E-state index >= 15 is 0 Å². The standard InChI is InChI=1S/C17H16F3NO3S/c18-14-4-1-12(2-5-14)17-10-21(7-8-24-17)25(22,23)11-13-3-6-15(19)9-16(13)20/h1-6,9,17H,7-8,10-11H2/t17-/m0/s1. The molecule has 1 aliphatic heterocycles. The number of hydrogen-bond donors (Lipinski definition) is 0. The third-order valence-corrected chi connectivity index (χ3v) is 5.81. The highest BCUT2D eigenvalue weighted by Gasteiger charge is 2.31. The monoisotopic (exact) mass is 371 g/mol. The lowest BCUT2D eigenvalue weighted by molar-refractivity contribution is -0.00263. The van der Waals surface area contributed by atoms with Gasteiger partial charge in [0.15, 0.2) is 0 Å². The van der Waals surface area contributed by atoms with Crippen LogP contribution in [0.25, 0.3) is 0 Å². The molecule has 1 saturated heterocycles. The highest BCUT2D eigenvalue weighted by atomic mass is 32.2. The first-order valence-electron chi connectivity index (χ1n) is 7.64. The zero-order chi connectivity index (χ0) is 18.0. The Morgan fingerprint density at radius 1 is 1.04 bits per heavy atom. The Morgan fingerprint density at radius 3 is 2.40 bits per heavy atom. The minimum atomic E-state index is -3.80. The fraction of sp³-hybridized carbons (Fsp3) is 0.294. The van der Waals surface area contributed by atoms with E-state index in [9.17, 15) is 21.6 Å². The van der Waals surface area contributed by atoms with Gasteiger partial charge in [-0.2, -0.15) is 4.31 Å². The van der Waals surface area contributed by atoms with Crippen LogP contribution in [0.2, 0.25) is 0 Å². The summed E-state index contributed by atoms with van der Waals surface area (Å²) in [5.74, 6) is -2.61. The Hall–Kier alpha value is -1.90. The summed E-state index contributed by atoms with van der Waals surface area (Å²) in [5, 5.41) is 0. The SMILES string of the molecule is O=S(=O)(Cc1ccc(F)cc1F)N1CCO[C@H](c2ccc(F)cc2)C1. The molecular formula is C17H16F3NO3S. The third-order valence-electron chi connectivity index (χ3n) is 4.02. The van der Waals surface area contributed by atoms with Gasteiger partial charge in [0.1, 0.15) is 17.5 Å². The van der Waals surface area contributed by atoms with Crippen molar-refractivity contribution in [3.63, 3.8) is 0 Å². The second kappa shape index (κ2) is 7.15. The summed E-state index contributed by atoms with van der Waals surface area (Å²) < 4.78 is 71.7. The molecule has 0 N–H and O–H groups in total. The molecule has 2 aromatic carbocycles. The van der Waals surface area contributed by atoms with Crippen molar-refractivity contribution >= 4 is 10.0 Å². The normalized spacial score (nSPS) is 19.1. The molecule has 8 heteroatoms. The maximum Gasteiger partial charge on any atom is 0.218 e. The molecule has 0 bridgehead atoms. The zero-order valence-corrected chi connectivity index (χ0v) is 14.0. The smallest absolute Gasteiger partial charge is 0.218 e. The van der Waals surface area contributed by atoms with Crippen LogP contribution in [-0.4, -0.2) is 32.4 Å². The maximum atomic E-state index is 13.7. The number of morpholine rings is 1. The molecule has 1 aliphatic rings. The van der Waals surface area contributed by atoms with E-state index in [1.54, 1.807) is 0 Å². The van der Waals surface area contributed by atoms with E-state index in [1.807, 2.05) is 0 Å². The maximum absolute atomic E-state index is 13.7. The van der Waals surface area contributed by atoms with Crippen molar-refractivity contribution in [2.75, 3.05) is 19.7 Å². The molecule has 0 aliphatic carbocycles. The van der Waals surface area contributed by atoms with E-state index in [-0.39, 0.29) is 25.3 Å². The summed E-state index contributed by atoms with van der Waals surface area (Å²) in [4.78, 5) is 0. The second-order valence-electron chi connectivity index (χ2n) is 5.76. The van der Waals surface area contributed by atoms with Crippen LogP contribution in [0.3, 0.4) is 0 Å². The van der Waals surface area contributed by atoms with E-state index < -0.39 is 39.3 Å². The molecule has 0 aromatic heterocycles. The van der Waals surface area contributed by atoms with Crippen molar-refractivity contribution in [2.45, 2.75) is 11.9 Å². The van der Waals surface area contributed by atoms with Crippen molar-refractivity contribution in [3.05, 3.63) is 71.0 Å². The van der Waals surface area contributed by atoms with Crippen LogP contribution in [0, 0.1) is 17.5 Å². The lowest BCUT2D eigenvalue weighted by Gasteiger charge is -2.32. The van der Waals surface area contributed by atoms with Gasteiger partial charge in [0.25, 0.3) is 0 Å². The minimum absolute atomic E-state index is 0.0524. The topological polar surface area (TPSA) is 46.6 Å². The predicted molar refractivity (Wildman–Crippen MR) is 85.6 cm³/mol. The van der Waals surface area contributed by atoms with E-state index in [0.29, 0.717) is 11.6 Å². The number of ether oxygens (including phenoxy) is 1. The van der Waals surface area contributed by atoms with Crippen molar-refractivity contribution in [3.8, 4) is 0 Å². The Kier molecular flexibility index (Phi) is 5.12. The molecule has 0 radical (unpaired) electrons. The van der Waals surface area contributed by atoms with Crippen molar-refractivity contribution in [1.82, 2.24) is 4.31 Å². The number of rotatable bonds is 4. The van der Waals surface area contributed by atoms with E-state index in [4.69, 9.17) is 4.74 Å². The van der Waals surface area contributed by atoms with Gasteiger partial charge >= 0.3 is 0 Å². The third kappa shape index (κ3) is 4.20. The molecule has 0 amide bonds. The molecule has 1 atom stereocenters. The lowest BCUT2D eigenvalue weighted by Crippen LogP contribution is -2.42. The largest absolute Gasteiger partial charge is 0.371 e. The highest BCUT2D eigenvalue weighted by molar-refractivity contribution is 7.88. The second-order valence-corrected chi connectivity index (χ2v) is 7.73. The van der Waals surface area contributed by atoms with Gasteiger partial charge in [-0.05, 0) is 23.8 Å². The molecule has 2 aromatic rings. The van der Waals surface area contributed by atoms with E-state index in [2.05, 4.69) is 0 Å². The summed E-state index contributed by atoms with van der Waals surface area (Å²) in [6.07, 6.45) is -0.526. The number of halogens is 3. The predicted octanol–water partition coefficient (Wildman–Crippen LogP) is 3.01. The van der Waals surface area contributed by atoms with Crippen molar-refractivity contribution in [2.24, 2.45) is 0 Å². The van der Waals surface area contributed by atoms with Gasteiger partial charge in [0.2, 0.25) is 10.0 Å². The first-order chi connectivity index (χ1) is 11.8. The van der Waals surface area contributed by atoms with Crippen LogP contribution in [0.1, 0.15) is 17.2 Å². The molecule has 25 heavy (non-hydrogen) atoms. The number of hydrogen-bond acceptors (Lipinski definition) is 3. The number of benzene rings is 2. The summed E-state index contributed by atoms with van der Waals surface area (Å²) >= 11 is 0. The number of nitrogens with zero attached hydrogens (tertiary/aromatic N) is 1. The fourth-order valence-corrected chi connectivity index (χ4v) is 4.21. The zero-order valence-electron chi connectivity index (χ0n) is 13.2. The molecule has 1 fully saturated rings. The van der Waals surface area contributed by atoms with E-state index in [0.717, 1.165) is 12.1 Å². The molecule has 3 rings (SSSR count). The van der Waals surface area contributed by atoms with Crippen LogP contribution < -0.4 is 0 Å². The van der Waals surface area contributed by atoms with Crippen LogP contribution in [0.5, 0.6) is 0 Å². The van der Waals surface area contributed by atoms with Gasteiger partial charge in [-0.15, -0.1) is 0 Å². The quantitative estimate of drug-likeness (QED) is 0.830. The van der Waals surface area contributed by atoms with Crippen LogP contribution in [0.15, 0.2) is 42.5 Å². The Bertz CT molecular complexity index is 856. The Labute approximate surface area is 143 Å². The van der Waals surface area contributed by atoms with Crippen LogP contribution in [0.4, 0.5) is 13.2 Å². The van der Waals surface area contributed by atoms with Crippen LogP contribution >= 0.6 is 0 Å². The Balaban J connectivity index is 1.76. The summed E-state index contributed by atoms with van der Waals surface area (Å²) in [7, 11) is -3.80. The Morgan fingerprint density at radius 2 is 1.72 bits per heavy atom. The molecule has 0 unspecified atom stereocenters. The van der Waals surface area contributed by atoms with Crippen molar-refractivity contribution in [1.29, 1.82) is 0 Å². The molecule has 0 saturated carbocycles. The highest BCUT2D eigenvalue weighted by Crippen LogP contribution is 2.25. The molecule has 1 heterocycles. The number of sulfonamides is 1. The average Bonchev–Trinajstić information content (AvgIpc) is 2.58. The van der Waals surface area contributed by atoms with Gasteiger partial charge in [0.05, 0.1) is 18.5 Å². The summed E-state index contributed by atoms with van der Waals surface area (Å²) in [5.41, 5.74) is 0.570. The van der Waals surface area contributed by atoms with Crippen molar-refractivity contribution < 1.29 is 26.3 Å². The molecule has 4 nitrogen and oxygen atoms in total. The van der Waals surface area contributed by atoms with Gasteiger partial charge in [0, 0.05) is 24.7 Å². The van der Waals surface area contributed by atoms with Crippen LogP contribution in [-0.2, 0) is 20.5 Å². The van der Waals surface area contributed by atoms with E-state index in [1.165, 1.54) is 28.6 Å². The molecule has 0 spiro atoms. The van der Waals surface area contributed by atoms with Gasteiger partial charge in [-0.3, -0.25) is 0 Å². The lowest BCUT2D eigenvalue weighted by atomic mass is 10.1. The molecule has 134 valence electrons. The first-order valence-corrected chi connectivity index (χ1v) is 9.25. The van der Waals surface area contributed by atoms with Gasteiger partial charge in [-0.1, -0.05) is 18.2 Å². The fourth-order valence-electron chi connectivity index (χ4n) is 2.68. The van der Waals surface area contributed by atoms with Gasteiger partial charge < -0.3 is 4.74 Å². The summed E-state index contributed by atoms with van der Waals surface area (Å²) in [6, 6.07) is 8.44. The summed E-state index contributed by atoms with van der Waals surface area (Å²) in [6.45, 7) is 0.368. The minimum Gasteiger partial charge on any atom is -0.371 e. The van der Waals surface area contributed by atoms with Gasteiger partial charge in [-0.25, -0.2) is 21.6 Å².